The summed E-state index contributed by atoms with van der Waals surface area (Å²) in [7, 11) is 0. The van der Waals surface area contributed by atoms with Gasteiger partial charge in [0.15, 0.2) is 0 Å². The summed E-state index contributed by atoms with van der Waals surface area (Å²) in [5, 5.41) is 0. The largest absolute Gasteiger partial charge is 0.465 e. The Hall–Kier alpha value is -1.31. The summed E-state index contributed by atoms with van der Waals surface area (Å²) < 4.78 is 5.44. The maximum absolute atomic E-state index is 12.2. The number of ether oxygens (including phenoxy) is 1. The van der Waals surface area contributed by atoms with Gasteiger partial charge in [-0.25, -0.2) is 0 Å². The number of benzene rings is 1. The van der Waals surface area contributed by atoms with E-state index in [4.69, 9.17) is 4.74 Å². The molecule has 0 N–H and O–H groups in total. The van der Waals surface area contributed by atoms with Crippen LogP contribution < -0.4 is 0 Å². The van der Waals surface area contributed by atoms with Crippen molar-refractivity contribution >= 4 is 5.97 Å². The Morgan fingerprint density at radius 3 is 2.41 bits per heavy atom. The van der Waals surface area contributed by atoms with Crippen LogP contribution in [0.4, 0.5) is 0 Å². The fraction of sp³-hybridized carbons (Fsp3) is 0.650. The summed E-state index contributed by atoms with van der Waals surface area (Å²) in [6.07, 6.45) is 5.94. The van der Waals surface area contributed by atoms with Crippen LogP contribution in [0.3, 0.4) is 0 Å². The molecule has 0 saturated carbocycles. The monoisotopic (exact) mass is 304 g/mol. The van der Waals surface area contributed by atoms with Gasteiger partial charge < -0.3 is 4.74 Å². The summed E-state index contributed by atoms with van der Waals surface area (Å²) >= 11 is 0. The first-order valence-corrected chi connectivity index (χ1v) is 8.66. The molecule has 0 spiro atoms. The minimum absolute atomic E-state index is 0.101. The van der Waals surface area contributed by atoms with Crippen molar-refractivity contribution in [3.8, 4) is 0 Å². The number of carbonyl (C=O) groups excluding carboxylic acids is 1. The lowest BCUT2D eigenvalue weighted by molar-refractivity contribution is -0.145. The van der Waals surface area contributed by atoms with Crippen LogP contribution in [-0.2, 0) is 9.53 Å². The topological polar surface area (TPSA) is 26.3 Å². The molecular formula is C20H32O2. The van der Waals surface area contributed by atoms with Crippen LogP contribution >= 0.6 is 0 Å². The maximum Gasteiger partial charge on any atom is 0.313 e. The van der Waals surface area contributed by atoms with Gasteiger partial charge in [0.25, 0.3) is 0 Å². The van der Waals surface area contributed by atoms with Crippen molar-refractivity contribution in [1.29, 1.82) is 0 Å². The number of aryl methyl sites for hydroxylation is 1. The van der Waals surface area contributed by atoms with E-state index in [1.54, 1.807) is 0 Å². The average Bonchev–Trinajstić information content (AvgIpc) is 2.47. The van der Waals surface area contributed by atoms with E-state index >= 15 is 0 Å². The standard InChI is InChI=1S/C20H32O2/c1-15(2)11-8-6-7-9-14-22-20(21)18(5)19-13-10-12-16(3)17(19)4/h10,12-13,15,18H,6-9,11,14H2,1-5H3. The summed E-state index contributed by atoms with van der Waals surface area (Å²) in [4.78, 5) is 12.2. The fourth-order valence-corrected chi connectivity index (χ4v) is 2.68. The van der Waals surface area contributed by atoms with E-state index in [9.17, 15) is 4.79 Å². The highest BCUT2D eigenvalue weighted by Gasteiger charge is 2.18. The zero-order chi connectivity index (χ0) is 16.5. The maximum atomic E-state index is 12.2. The predicted molar refractivity (Wildman–Crippen MR) is 93.2 cm³/mol. The highest BCUT2D eigenvalue weighted by atomic mass is 16.5. The van der Waals surface area contributed by atoms with Crippen LogP contribution in [0.5, 0.6) is 0 Å². The Balaban J connectivity index is 2.29. The summed E-state index contributed by atoms with van der Waals surface area (Å²) in [6.45, 7) is 11.2. The molecule has 0 fully saturated rings. The average molecular weight is 304 g/mol. The van der Waals surface area contributed by atoms with Crippen LogP contribution in [0.2, 0.25) is 0 Å². The van der Waals surface area contributed by atoms with Gasteiger partial charge >= 0.3 is 5.97 Å². The Labute approximate surface area is 136 Å². The van der Waals surface area contributed by atoms with Crippen molar-refractivity contribution < 1.29 is 9.53 Å². The molecule has 0 amide bonds. The van der Waals surface area contributed by atoms with Crippen LogP contribution in [0, 0.1) is 19.8 Å². The van der Waals surface area contributed by atoms with E-state index in [0.29, 0.717) is 6.61 Å². The zero-order valence-electron chi connectivity index (χ0n) is 14.9. The first kappa shape index (κ1) is 18.7. The van der Waals surface area contributed by atoms with Gasteiger partial charge in [-0.3, -0.25) is 4.79 Å². The van der Waals surface area contributed by atoms with Crippen LogP contribution in [0.1, 0.15) is 75.5 Å². The van der Waals surface area contributed by atoms with E-state index in [-0.39, 0.29) is 11.9 Å². The van der Waals surface area contributed by atoms with Crippen molar-refractivity contribution in [2.24, 2.45) is 5.92 Å². The third-order valence-electron chi connectivity index (χ3n) is 4.39. The third kappa shape index (κ3) is 6.21. The molecule has 22 heavy (non-hydrogen) atoms. The molecule has 1 atom stereocenters. The van der Waals surface area contributed by atoms with E-state index in [1.165, 1.54) is 30.4 Å². The number of rotatable bonds is 9. The SMILES string of the molecule is Cc1cccc(C(C)C(=O)OCCCCCCC(C)C)c1C. The van der Waals surface area contributed by atoms with E-state index < -0.39 is 0 Å². The normalized spacial score (nSPS) is 12.5. The lowest BCUT2D eigenvalue weighted by Crippen LogP contribution is -2.15. The van der Waals surface area contributed by atoms with Gasteiger partial charge in [0, 0.05) is 0 Å². The third-order valence-corrected chi connectivity index (χ3v) is 4.39. The molecule has 0 radical (unpaired) electrons. The Bertz CT molecular complexity index is 463. The Morgan fingerprint density at radius 1 is 1.05 bits per heavy atom. The van der Waals surface area contributed by atoms with Crippen LogP contribution in [-0.4, -0.2) is 12.6 Å². The van der Waals surface area contributed by atoms with Gasteiger partial charge in [-0.1, -0.05) is 57.7 Å². The predicted octanol–water partition coefficient (Wildman–Crippen LogP) is 5.56. The number of hydrogen-bond donors (Lipinski definition) is 0. The van der Waals surface area contributed by atoms with Crippen LogP contribution in [0.15, 0.2) is 18.2 Å². The number of hydrogen-bond acceptors (Lipinski definition) is 2. The lowest BCUT2D eigenvalue weighted by Gasteiger charge is -2.15. The van der Waals surface area contributed by atoms with Crippen molar-refractivity contribution in [1.82, 2.24) is 0 Å². The fourth-order valence-electron chi connectivity index (χ4n) is 2.68. The molecule has 1 unspecified atom stereocenters. The second kappa shape index (κ2) is 9.66. The zero-order valence-corrected chi connectivity index (χ0v) is 14.9. The molecule has 1 aromatic rings. The van der Waals surface area contributed by atoms with Gasteiger partial charge in [0.05, 0.1) is 12.5 Å². The minimum Gasteiger partial charge on any atom is -0.465 e. The van der Waals surface area contributed by atoms with E-state index in [1.807, 2.05) is 19.1 Å². The van der Waals surface area contributed by atoms with E-state index in [0.717, 1.165) is 24.3 Å². The van der Waals surface area contributed by atoms with Crippen molar-refractivity contribution in [2.45, 2.75) is 72.6 Å². The minimum atomic E-state index is -0.180. The molecule has 0 aliphatic rings. The lowest BCUT2D eigenvalue weighted by atomic mass is 9.94. The van der Waals surface area contributed by atoms with Gasteiger partial charge in [0.1, 0.15) is 0 Å². The quantitative estimate of drug-likeness (QED) is 0.441. The van der Waals surface area contributed by atoms with Crippen molar-refractivity contribution in [3.63, 3.8) is 0 Å². The molecule has 2 heteroatoms. The number of carbonyl (C=O) groups is 1. The van der Waals surface area contributed by atoms with Gasteiger partial charge in [-0.15, -0.1) is 0 Å². The molecule has 0 saturated heterocycles. The molecular weight excluding hydrogens is 272 g/mol. The Morgan fingerprint density at radius 2 is 1.73 bits per heavy atom. The molecule has 0 aliphatic carbocycles. The Kier molecular flexibility index (Phi) is 8.22. The van der Waals surface area contributed by atoms with Gasteiger partial charge in [0.2, 0.25) is 0 Å². The molecule has 0 heterocycles. The molecule has 0 aliphatic heterocycles. The second-order valence-corrected chi connectivity index (χ2v) is 6.78. The summed E-state index contributed by atoms with van der Waals surface area (Å²) in [5.41, 5.74) is 3.50. The second-order valence-electron chi connectivity index (χ2n) is 6.78. The number of esters is 1. The highest BCUT2D eigenvalue weighted by Crippen LogP contribution is 2.23. The summed E-state index contributed by atoms with van der Waals surface area (Å²) in [6, 6.07) is 6.12. The molecule has 124 valence electrons. The highest BCUT2D eigenvalue weighted by molar-refractivity contribution is 5.78. The molecule has 2 nitrogen and oxygen atoms in total. The molecule has 1 rings (SSSR count). The summed E-state index contributed by atoms with van der Waals surface area (Å²) in [5.74, 6) is 0.507. The van der Waals surface area contributed by atoms with Crippen molar-refractivity contribution in [3.05, 3.63) is 34.9 Å². The first-order chi connectivity index (χ1) is 10.4. The van der Waals surface area contributed by atoms with E-state index in [2.05, 4.69) is 33.8 Å². The molecule has 0 bridgehead atoms. The molecule has 0 aromatic heterocycles. The first-order valence-electron chi connectivity index (χ1n) is 8.66. The number of unbranched alkanes of at least 4 members (excludes halogenated alkanes) is 3. The van der Waals surface area contributed by atoms with Crippen LogP contribution in [0.25, 0.3) is 0 Å². The smallest absolute Gasteiger partial charge is 0.313 e. The van der Waals surface area contributed by atoms with Gasteiger partial charge in [-0.05, 0) is 49.8 Å². The van der Waals surface area contributed by atoms with Crippen molar-refractivity contribution in [2.75, 3.05) is 6.61 Å². The molecule has 1 aromatic carbocycles. The van der Waals surface area contributed by atoms with Gasteiger partial charge in [-0.2, -0.15) is 0 Å².